The first kappa shape index (κ1) is 7.19. The Morgan fingerprint density at radius 3 is 2.09 bits per heavy atom. The number of alkyl halides is 3. The molecule has 2 aliphatic carbocycles. The van der Waals surface area contributed by atoms with Crippen LogP contribution < -0.4 is 0 Å². The zero-order valence-electron chi connectivity index (χ0n) is 5.93. The summed E-state index contributed by atoms with van der Waals surface area (Å²) < 4.78 is 36.6. The fraction of sp³-hybridized carbons (Fsp3) is 0.750. The molecule has 0 aromatic heterocycles. The van der Waals surface area contributed by atoms with Crippen molar-refractivity contribution in [1.29, 1.82) is 0 Å². The zero-order chi connectivity index (χ0) is 8.06. The first-order valence-corrected chi connectivity index (χ1v) is 3.82. The van der Waals surface area contributed by atoms with Gasteiger partial charge in [0.25, 0.3) is 0 Å². The van der Waals surface area contributed by atoms with Crippen molar-refractivity contribution in [3.63, 3.8) is 0 Å². The number of fused-ring (bicyclic) bond motifs is 2. The van der Waals surface area contributed by atoms with E-state index in [1.54, 1.807) is 6.08 Å². The zero-order valence-corrected chi connectivity index (χ0v) is 5.93. The normalized spacial score (nSPS) is 41.9. The summed E-state index contributed by atoms with van der Waals surface area (Å²) in [4.78, 5) is 0. The smallest absolute Gasteiger partial charge is 0.171 e. The van der Waals surface area contributed by atoms with Gasteiger partial charge in [-0.3, -0.25) is 0 Å². The van der Waals surface area contributed by atoms with Crippen molar-refractivity contribution in [3.8, 4) is 0 Å². The molecule has 0 saturated heterocycles. The van der Waals surface area contributed by atoms with Crippen LogP contribution in [0.5, 0.6) is 0 Å². The van der Waals surface area contributed by atoms with Gasteiger partial charge in [-0.25, -0.2) is 0 Å². The van der Waals surface area contributed by atoms with Gasteiger partial charge in [0, 0.05) is 0 Å². The van der Waals surface area contributed by atoms with Crippen LogP contribution in [-0.2, 0) is 0 Å². The molecular weight excluding hydrogens is 153 g/mol. The molecule has 0 heterocycles. The highest BCUT2D eigenvalue weighted by Gasteiger charge is 2.50. The average Bonchev–Trinajstić information content (AvgIpc) is 2.42. The molecular formula is C8H9F3. The number of allylic oxidation sites excluding steroid dienone is 2. The van der Waals surface area contributed by atoms with Crippen LogP contribution in [0.1, 0.15) is 12.8 Å². The van der Waals surface area contributed by atoms with E-state index >= 15 is 0 Å². The Labute approximate surface area is 63.1 Å². The van der Waals surface area contributed by atoms with E-state index in [9.17, 15) is 13.2 Å². The van der Waals surface area contributed by atoms with Crippen molar-refractivity contribution in [2.75, 3.05) is 0 Å². The van der Waals surface area contributed by atoms with Crippen LogP contribution in [0.25, 0.3) is 0 Å². The van der Waals surface area contributed by atoms with Gasteiger partial charge in [-0.2, -0.15) is 13.2 Å². The minimum Gasteiger partial charge on any atom is -0.171 e. The summed E-state index contributed by atoms with van der Waals surface area (Å²) in [5, 5.41) is 0. The maximum atomic E-state index is 12.2. The third-order valence-electron chi connectivity index (χ3n) is 2.70. The van der Waals surface area contributed by atoms with E-state index in [1.807, 2.05) is 6.08 Å². The molecule has 0 radical (unpaired) electrons. The molecule has 0 aromatic carbocycles. The Morgan fingerprint density at radius 2 is 1.82 bits per heavy atom. The molecule has 2 unspecified atom stereocenters. The van der Waals surface area contributed by atoms with Crippen molar-refractivity contribution in [2.45, 2.75) is 19.0 Å². The van der Waals surface area contributed by atoms with Gasteiger partial charge < -0.3 is 0 Å². The third-order valence-corrected chi connectivity index (χ3v) is 2.70. The topological polar surface area (TPSA) is 0 Å². The minimum atomic E-state index is -3.97. The van der Waals surface area contributed by atoms with Crippen LogP contribution in [0.2, 0.25) is 0 Å². The van der Waals surface area contributed by atoms with Gasteiger partial charge in [-0.1, -0.05) is 12.2 Å². The van der Waals surface area contributed by atoms with E-state index in [-0.39, 0.29) is 11.8 Å². The summed E-state index contributed by atoms with van der Waals surface area (Å²) in [6.07, 6.45) is 0.734. The largest absolute Gasteiger partial charge is 0.392 e. The SMILES string of the molecule is FC(F)(F)C1C[C@@H]2C=CC1C2. The number of halogens is 3. The molecule has 2 aliphatic rings. The Kier molecular flexibility index (Phi) is 1.32. The molecule has 11 heavy (non-hydrogen) atoms. The monoisotopic (exact) mass is 162 g/mol. The molecule has 0 nitrogen and oxygen atoms in total. The standard InChI is InChI=1S/C8H9F3/c9-8(10,11)7-4-5-1-2-6(7)3-5/h1-2,5-7H,3-4H2/t5-,6?,7?/m1/s1. The summed E-state index contributed by atoms with van der Waals surface area (Å²) in [5.74, 6) is -1.04. The van der Waals surface area contributed by atoms with Gasteiger partial charge in [-0.15, -0.1) is 0 Å². The first-order valence-electron chi connectivity index (χ1n) is 3.82. The molecule has 3 atom stereocenters. The minimum absolute atomic E-state index is 0.208. The van der Waals surface area contributed by atoms with Crippen molar-refractivity contribution in [2.24, 2.45) is 17.8 Å². The lowest BCUT2D eigenvalue weighted by atomic mass is 9.93. The maximum Gasteiger partial charge on any atom is 0.392 e. The van der Waals surface area contributed by atoms with E-state index < -0.39 is 12.1 Å². The van der Waals surface area contributed by atoms with Gasteiger partial charge in [0.05, 0.1) is 5.92 Å². The lowest BCUT2D eigenvalue weighted by molar-refractivity contribution is -0.180. The highest BCUT2D eigenvalue weighted by atomic mass is 19.4. The van der Waals surface area contributed by atoms with Gasteiger partial charge in [0.15, 0.2) is 0 Å². The molecule has 0 aromatic rings. The van der Waals surface area contributed by atoms with E-state index in [0.717, 1.165) is 6.42 Å². The number of hydrogen-bond donors (Lipinski definition) is 0. The van der Waals surface area contributed by atoms with Gasteiger partial charge >= 0.3 is 6.18 Å². The Balaban J connectivity index is 2.15. The fourth-order valence-corrected chi connectivity index (χ4v) is 2.16. The second kappa shape index (κ2) is 2.02. The second-order valence-corrected chi connectivity index (χ2v) is 3.43. The van der Waals surface area contributed by atoms with Crippen LogP contribution in [0.3, 0.4) is 0 Å². The summed E-state index contributed by atoms with van der Waals surface area (Å²) in [6, 6.07) is 0. The van der Waals surface area contributed by atoms with Gasteiger partial charge in [-0.05, 0) is 24.7 Å². The first-order chi connectivity index (χ1) is 5.07. The van der Waals surface area contributed by atoms with Gasteiger partial charge in [0.2, 0.25) is 0 Å². The Bertz CT molecular complexity index is 192. The molecule has 0 spiro atoms. The van der Waals surface area contributed by atoms with E-state index in [0.29, 0.717) is 6.42 Å². The predicted molar refractivity (Wildman–Crippen MR) is 34.9 cm³/mol. The van der Waals surface area contributed by atoms with Crippen LogP contribution in [0.15, 0.2) is 12.2 Å². The molecule has 2 bridgehead atoms. The van der Waals surface area contributed by atoms with Crippen molar-refractivity contribution >= 4 is 0 Å². The number of hydrogen-bond acceptors (Lipinski definition) is 0. The van der Waals surface area contributed by atoms with Crippen molar-refractivity contribution in [1.82, 2.24) is 0 Å². The quantitative estimate of drug-likeness (QED) is 0.480. The van der Waals surface area contributed by atoms with E-state index in [1.165, 1.54) is 0 Å². The molecule has 2 rings (SSSR count). The lowest BCUT2D eigenvalue weighted by Gasteiger charge is -2.20. The molecule has 1 fully saturated rings. The van der Waals surface area contributed by atoms with E-state index in [4.69, 9.17) is 0 Å². The molecule has 0 N–H and O–H groups in total. The summed E-state index contributed by atoms with van der Waals surface area (Å²) in [7, 11) is 0. The van der Waals surface area contributed by atoms with E-state index in [2.05, 4.69) is 0 Å². The van der Waals surface area contributed by atoms with Crippen LogP contribution in [0.4, 0.5) is 13.2 Å². The Hall–Kier alpha value is -0.470. The maximum absolute atomic E-state index is 12.2. The average molecular weight is 162 g/mol. The molecule has 0 amide bonds. The van der Waals surface area contributed by atoms with Crippen molar-refractivity contribution in [3.05, 3.63) is 12.2 Å². The fourth-order valence-electron chi connectivity index (χ4n) is 2.16. The predicted octanol–water partition coefficient (Wildman–Crippen LogP) is 2.76. The highest BCUT2D eigenvalue weighted by molar-refractivity contribution is 5.11. The third kappa shape index (κ3) is 1.06. The summed E-state index contributed by atoms with van der Waals surface area (Å²) in [6.45, 7) is 0. The van der Waals surface area contributed by atoms with Gasteiger partial charge in [0.1, 0.15) is 0 Å². The summed E-state index contributed by atoms with van der Waals surface area (Å²) in [5.41, 5.74) is 0. The Morgan fingerprint density at radius 1 is 1.09 bits per heavy atom. The van der Waals surface area contributed by atoms with Crippen LogP contribution in [-0.4, -0.2) is 6.18 Å². The number of rotatable bonds is 0. The highest BCUT2D eigenvalue weighted by Crippen LogP contribution is 2.50. The summed E-state index contributed by atoms with van der Waals surface area (Å²) >= 11 is 0. The van der Waals surface area contributed by atoms with Crippen molar-refractivity contribution < 1.29 is 13.2 Å². The molecule has 3 heteroatoms. The molecule has 1 saturated carbocycles. The van der Waals surface area contributed by atoms with Crippen LogP contribution in [0, 0.1) is 17.8 Å². The van der Waals surface area contributed by atoms with Crippen LogP contribution >= 0.6 is 0 Å². The molecule has 0 aliphatic heterocycles. The molecule has 62 valence electrons. The second-order valence-electron chi connectivity index (χ2n) is 3.43. The lowest BCUT2D eigenvalue weighted by Crippen LogP contribution is -2.26.